The smallest absolute Gasteiger partial charge is 0.404 e. The number of ether oxygens (including phenoxy) is 2. The van der Waals surface area contributed by atoms with E-state index in [9.17, 15) is 4.79 Å². The van der Waals surface area contributed by atoms with Crippen LogP contribution in [-0.4, -0.2) is 78.6 Å². The molecule has 2 aromatic carbocycles. The summed E-state index contributed by atoms with van der Waals surface area (Å²) in [5.74, 6) is 3.73. The van der Waals surface area contributed by atoms with E-state index in [0.717, 1.165) is 22.3 Å². The maximum Gasteiger partial charge on any atom is 0.404 e. The summed E-state index contributed by atoms with van der Waals surface area (Å²) < 4.78 is 10.9. The number of hydrogen-bond donors (Lipinski definition) is 2. The summed E-state index contributed by atoms with van der Waals surface area (Å²) in [5, 5.41) is 12.7. The fourth-order valence-electron chi connectivity index (χ4n) is 4.74. The number of para-hydroxylation sites is 1. The molecule has 0 bridgehead atoms. The van der Waals surface area contributed by atoms with E-state index in [1.165, 1.54) is 0 Å². The fourth-order valence-corrected chi connectivity index (χ4v) is 4.74. The molecule has 0 spiro atoms. The Morgan fingerprint density at radius 1 is 1.00 bits per heavy atom. The van der Waals surface area contributed by atoms with Crippen molar-refractivity contribution in [2.24, 2.45) is 0 Å². The molecular formula is C29H31N7O4. The van der Waals surface area contributed by atoms with Crippen LogP contribution in [0.2, 0.25) is 0 Å². The molecule has 0 saturated carbocycles. The van der Waals surface area contributed by atoms with E-state index in [4.69, 9.17) is 34.5 Å². The number of aromatic nitrogens is 4. The summed E-state index contributed by atoms with van der Waals surface area (Å²) in [4.78, 5) is 34.2. The van der Waals surface area contributed by atoms with Crippen molar-refractivity contribution in [2.45, 2.75) is 12.5 Å². The summed E-state index contributed by atoms with van der Waals surface area (Å²) in [6, 6.07) is 15.2. The Labute approximate surface area is 232 Å². The highest BCUT2D eigenvalue weighted by molar-refractivity contribution is 5.90. The number of hydrogen-bond acceptors (Lipinski definition) is 9. The zero-order chi connectivity index (χ0) is 28.2. The Hall–Kier alpha value is -4.93. The maximum absolute atomic E-state index is 11.2. The minimum absolute atomic E-state index is 0.175. The Kier molecular flexibility index (Phi) is 7.63. The van der Waals surface area contributed by atoms with Crippen molar-refractivity contribution in [3.63, 3.8) is 0 Å². The number of nitrogens with one attached hydrogen (secondary N) is 1. The largest absolute Gasteiger partial charge is 0.493 e. The second-order valence-corrected chi connectivity index (χ2v) is 9.57. The van der Waals surface area contributed by atoms with E-state index in [1.807, 2.05) is 67.5 Å². The molecule has 1 fully saturated rings. The Morgan fingerprint density at radius 2 is 1.75 bits per heavy atom. The molecule has 2 N–H and O–H groups in total. The zero-order valence-electron chi connectivity index (χ0n) is 22.8. The van der Waals surface area contributed by atoms with Gasteiger partial charge in [-0.3, -0.25) is 0 Å². The molecule has 1 aliphatic rings. The average Bonchev–Trinajstić information content (AvgIpc) is 3.42. The monoisotopic (exact) mass is 541 g/mol. The van der Waals surface area contributed by atoms with Crippen LogP contribution >= 0.6 is 0 Å². The van der Waals surface area contributed by atoms with Gasteiger partial charge in [0.25, 0.3) is 0 Å². The third-order valence-corrected chi connectivity index (χ3v) is 6.65. The lowest BCUT2D eigenvalue weighted by molar-refractivity contribution is 0.191. The number of benzene rings is 2. The number of methoxy groups -OCH3 is 2. The molecule has 0 radical (unpaired) electrons. The molecule has 1 amide bonds. The van der Waals surface area contributed by atoms with Gasteiger partial charge in [0.2, 0.25) is 0 Å². The van der Waals surface area contributed by atoms with Gasteiger partial charge >= 0.3 is 6.09 Å². The van der Waals surface area contributed by atoms with Crippen molar-refractivity contribution >= 4 is 40.8 Å². The van der Waals surface area contributed by atoms with Crippen LogP contribution in [0.3, 0.4) is 0 Å². The third kappa shape index (κ3) is 5.73. The lowest BCUT2D eigenvalue weighted by atomic mass is 10.1. The first-order chi connectivity index (χ1) is 19.3. The number of amides is 1. The van der Waals surface area contributed by atoms with Crippen molar-refractivity contribution in [1.82, 2.24) is 25.3 Å². The zero-order valence-corrected chi connectivity index (χ0v) is 22.8. The van der Waals surface area contributed by atoms with Gasteiger partial charge in [0.1, 0.15) is 11.6 Å². The van der Waals surface area contributed by atoms with Gasteiger partial charge in [-0.25, -0.2) is 24.7 Å². The molecule has 0 aliphatic carbocycles. The molecule has 3 heterocycles. The van der Waals surface area contributed by atoms with Gasteiger partial charge < -0.3 is 29.7 Å². The van der Waals surface area contributed by atoms with Crippen LogP contribution in [0.15, 0.2) is 48.5 Å². The lowest BCUT2D eigenvalue weighted by Crippen LogP contribution is -2.36. The van der Waals surface area contributed by atoms with Crippen molar-refractivity contribution in [3.8, 4) is 22.8 Å². The minimum Gasteiger partial charge on any atom is -0.493 e. The molecule has 1 unspecified atom stereocenters. The number of carboxylic acid groups (broad SMARTS) is 1. The van der Waals surface area contributed by atoms with Crippen LogP contribution < -0.4 is 24.6 Å². The van der Waals surface area contributed by atoms with Gasteiger partial charge in [-0.05, 0) is 48.9 Å². The van der Waals surface area contributed by atoms with Crippen LogP contribution in [0, 0.1) is 0 Å². The van der Waals surface area contributed by atoms with Crippen molar-refractivity contribution in [3.05, 3.63) is 60.2 Å². The second-order valence-electron chi connectivity index (χ2n) is 9.57. The first-order valence-corrected chi connectivity index (χ1v) is 12.8. The van der Waals surface area contributed by atoms with Gasteiger partial charge in [-0.2, -0.15) is 0 Å². The Bertz CT molecular complexity index is 1570. The molecule has 2 aromatic heterocycles. The molecule has 4 aromatic rings. The number of anilines is 2. The maximum atomic E-state index is 11.2. The first kappa shape index (κ1) is 26.7. The molecule has 206 valence electrons. The summed E-state index contributed by atoms with van der Waals surface area (Å²) >= 11 is 0. The summed E-state index contributed by atoms with van der Waals surface area (Å²) in [6.45, 7) is 1.17. The quantitative estimate of drug-likeness (QED) is 0.335. The standard InChI is InChI=1S/C29H31N7O4/c1-35(2)28-20-7-5-6-8-21(20)31-26(34-28)12-11-25-32-22(18-9-10-23(39-3)24(15-18)40-4)16-27(33-25)36-14-13-19(17-36)30-29(37)38/h5-12,15-16,19,30H,13-14,17H2,1-4H3,(H,37,38). The number of nitrogens with zero attached hydrogens (tertiary/aromatic N) is 6. The van der Waals surface area contributed by atoms with E-state index in [1.54, 1.807) is 26.4 Å². The van der Waals surface area contributed by atoms with E-state index in [-0.39, 0.29) is 6.04 Å². The van der Waals surface area contributed by atoms with Crippen LogP contribution in [0.5, 0.6) is 11.5 Å². The summed E-state index contributed by atoms with van der Waals surface area (Å²) in [5.41, 5.74) is 2.36. The number of carbonyl (C=O) groups is 1. The van der Waals surface area contributed by atoms with Crippen molar-refractivity contribution in [1.29, 1.82) is 0 Å². The van der Waals surface area contributed by atoms with Crippen molar-refractivity contribution in [2.75, 3.05) is 51.2 Å². The molecule has 11 nitrogen and oxygen atoms in total. The van der Waals surface area contributed by atoms with E-state index >= 15 is 0 Å². The Morgan fingerprint density at radius 3 is 2.48 bits per heavy atom. The predicted octanol–water partition coefficient (Wildman–Crippen LogP) is 4.19. The third-order valence-electron chi connectivity index (χ3n) is 6.65. The number of rotatable bonds is 8. The van der Waals surface area contributed by atoms with Gasteiger partial charge in [0, 0.05) is 44.2 Å². The van der Waals surface area contributed by atoms with Crippen LogP contribution in [0.25, 0.3) is 34.3 Å². The van der Waals surface area contributed by atoms with E-state index < -0.39 is 6.09 Å². The van der Waals surface area contributed by atoms with E-state index in [0.29, 0.717) is 54.2 Å². The molecule has 40 heavy (non-hydrogen) atoms. The van der Waals surface area contributed by atoms with Gasteiger partial charge in [-0.15, -0.1) is 0 Å². The fraction of sp³-hybridized carbons (Fsp3) is 0.276. The highest BCUT2D eigenvalue weighted by Crippen LogP contribution is 2.33. The normalized spacial score (nSPS) is 15.0. The van der Waals surface area contributed by atoms with Crippen molar-refractivity contribution < 1.29 is 19.4 Å². The molecular weight excluding hydrogens is 510 g/mol. The average molecular weight is 542 g/mol. The number of fused-ring (bicyclic) bond motifs is 1. The SMILES string of the molecule is COc1ccc(-c2cc(N3CCC(NC(=O)O)C3)nc(C=Cc3nc(N(C)C)c4ccccc4n3)n2)cc1OC. The van der Waals surface area contributed by atoms with Crippen LogP contribution in [0.1, 0.15) is 18.1 Å². The highest BCUT2D eigenvalue weighted by atomic mass is 16.5. The molecule has 1 atom stereocenters. The van der Waals surface area contributed by atoms with Gasteiger partial charge in [0.15, 0.2) is 23.1 Å². The summed E-state index contributed by atoms with van der Waals surface area (Å²) in [7, 11) is 7.08. The molecule has 1 aliphatic heterocycles. The minimum atomic E-state index is -1.03. The molecule has 5 rings (SSSR count). The summed E-state index contributed by atoms with van der Waals surface area (Å²) in [6.07, 6.45) is 3.25. The molecule has 1 saturated heterocycles. The molecule has 11 heteroatoms. The second kappa shape index (κ2) is 11.4. The Balaban J connectivity index is 1.55. The first-order valence-electron chi connectivity index (χ1n) is 12.8. The van der Waals surface area contributed by atoms with Gasteiger partial charge in [0.05, 0.1) is 31.5 Å². The predicted molar refractivity (Wildman–Crippen MR) is 155 cm³/mol. The lowest BCUT2D eigenvalue weighted by Gasteiger charge is -2.19. The van der Waals surface area contributed by atoms with Crippen LogP contribution in [-0.2, 0) is 0 Å². The topological polar surface area (TPSA) is 126 Å². The highest BCUT2D eigenvalue weighted by Gasteiger charge is 2.25. The van der Waals surface area contributed by atoms with Crippen LogP contribution in [0.4, 0.5) is 16.4 Å². The van der Waals surface area contributed by atoms with E-state index in [2.05, 4.69) is 10.2 Å². The van der Waals surface area contributed by atoms with Gasteiger partial charge in [-0.1, -0.05) is 12.1 Å².